The summed E-state index contributed by atoms with van der Waals surface area (Å²) < 4.78 is 15.4. The van der Waals surface area contributed by atoms with Crippen LogP contribution in [-0.2, 0) is 28.6 Å². The van der Waals surface area contributed by atoms with E-state index < -0.39 is 41.2 Å². The number of hydrogen-bond acceptors (Lipinski definition) is 7. The number of hydrogen-bond donors (Lipinski definition) is 2. The SMILES string of the molecule is CC[C@H](CC(=O)OC(C)(C)C)C(=O)O.CC[C@H](NC(=O)OC(C)(C)C)C(=O)N1CCOCC1. The minimum atomic E-state index is -0.946. The lowest BCUT2D eigenvalue weighted by atomic mass is 10.0. The predicted molar refractivity (Wildman–Crippen MR) is 123 cm³/mol. The number of amides is 2. The molecule has 0 aliphatic carbocycles. The summed E-state index contributed by atoms with van der Waals surface area (Å²) in [6.07, 6.45) is 0.369. The Hall–Kier alpha value is -2.36. The third-order valence-electron chi connectivity index (χ3n) is 4.40. The van der Waals surface area contributed by atoms with Gasteiger partial charge < -0.3 is 29.5 Å². The van der Waals surface area contributed by atoms with Crippen molar-refractivity contribution >= 4 is 23.9 Å². The highest BCUT2D eigenvalue weighted by Crippen LogP contribution is 2.14. The van der Waals surface area contributed by atoms with Crippen LogP contribution in [0.25, 0.3) is 0 Å². The van der Waals surface area contributed by atoms with Crippen molar-refractivity contribution in [3.8, 4) is 0 Å². The summed E-state index contributed by atoms with van der Waals surface area (Å²) in [5.41, 5.74) is -1.11. The summed E-state index contributed by atoms with van der Waals surface area (Å²) in [7, 11) is 0. The first kappa shape index (κ1) is 30.6. The van der Waals surface area contributed by atoms with Crippen molar-refractivity contribution in [3.05, 3.63) is 0 Å². The number of nitrogens with one attached hydrogen (secondary N) is 1. The van der Waals surface area contributed by atoms with Crippen molar-refractivity contribution in [2.45, 2.75) is 91.9 Å². The zero-order valence-electron chi connectivity index (χ0n) is 21.4. The summed E-state index contributed by atoms with van der Waals surface area (Å²) in [6, 6.07) is -0.534. The third kappa shape index (κ3) is 14.4. The molecule has 0 spiro atoms. The Morgan fingerprint density at radius 1 is 0.939 bits per heavy atom. The molecule has 1 rings (SSSR count). The van der Waals surface area contributed by atoms with Gasteiger partial charge in [0.25, 0.3) is 0 Å². The fourth-order valence-electron chi connectivity index (χ4n) is 2.78. The molecule has 10 heteroatoms. The van der Waals surface area contributed by atoms with Gasteiger partial charge in [0.05, 0.1) is 25.6 Å². The number of ether oxygens (including phenoxy) is 3. The average Bonchev–Trinajstić information content (AvgIpc) is 2.68. The van der Waals surface area contributed by atoms with Crippen LogP contribution in [0.4, 0.5) is 4.79 Å². The first-order valence-corrected chi connectivity index (χ1v) is 11.4. The second-order valence-corrected chi connectivity index (χ2v) is 9.78. The zero-order chi connectivity index (χ0) is 25.8. The van der Waals surface area contributed by atoms with Gasteiger partial charge in [0.1, 0.15) is 17.2 Å². The van der Waals surface area contributed by atoms with Crippen LogP contribution < -0.4 is 5.32 Å². The summed E-state index contributed by atoms with van der Waals surface area (Å²) in [4.78, 5) is 47.5. The summed E-state index contributed by atoms with van der Waals surface area (Å²) >= 11 is 0. The van der Waals surface area contributed by atoms with E-state index in [2.05, 4.69) is 5.32 Å². The van der Waals surface area contributed by atoms with E-state index in [0.717, 1.165) is 0 Å². The maximum atomic E-state index is 12.2. The highest BCUT2D eigenvalue weighted by molar-refractivity contribution is 5.85. The molecule has 0 aromatic carbocycles. The first-order chi connectivity index (χ1) is 15.1. The van der Waals surface area contributed by atoms with E-state index in [1.54, 1.807) is 53.4 Å². The minimum absolute atomic E-state index is 0.0525. The van der Waals surface area contributed by atoms with E-state index in [0.29, 0.717) is 39.1 Å². The van der Waals surface area contributed by atoms with Gasteiger partial charge in [0.15, 0.2) is 0 Å². The summed E-state index contributed by atoms with van der Waals surface area (Å²) in [6.45, 7) is 16.5. The molecule has 2 N–H and O–H groups in total. The Morgan fingerprint density at radius 3 is 1.85 bits per heavy atom. The lowest BCUT2D eigenvalue weighted by molar-refractivity contribution is -0.159. The fraction of sp³-hybridized carbons (Fsp3) is 0.826. The van der Waals surface area contributed by atoms with Crippen molar-refractivity contribution in [1.29, 1.82) is 0 Å². The van der Waals surface area contributed by atoms with E-state index in [9.17, 15) is 19.2 Å². The standard InChI is InChI=1S/C13H24N2O4.C10H18O4/c1-5-10(14-12(17)19-13(2,3)4)11(16)15-6-8-18-9-7-15;1-5-7(9(12)13)6-8(11)14-10(2,3)4/h10H,5-9H2,1-4H3,(H,14,17);7H,5-6H2,1-4H3,(H,12,13)/t10-;7-/m01/s1. The fourth-order valence-corrected chi connectivity index (χ4v) is 2.78. The summed E-state index contributed by atoms with van der Waals surface area (Å²) in [5.74, 6) is -2.10. The van der Waals surface area contributed by atoms with Crippen molar-refractivity contribution in [2.75, 3.05) is 26.3 Å². The third-order valence-corrected chi connectivity index (χ3v) is 4.40. The van der Waals surface area contributed by atoms with Crippen LogP contribution in [0, 0.1) is 5.92 Å². The molecular formula is C23H42N2O8. The molecule has 1 aliphatic heterocycles. The van der Waals surface area contributed by atoms with Crippen molar-refractivity contribution < 1.29 is 38.5 Å². The maximum Gasteiger partial charge on any atom is 0.408 e. The van der Waals surface area contributed by atoms with E-state index in [4.69, 9.17) is 19.3 Å². The van der Waals surface area contributed by atoms with Crippen molar-refractivity contribution in [1.82, 2.24) is 10.2 Å². The number of alkyl carbamates (subject to hydrolysis) is 1. The molecule has 0 aromatic rings. The summed E-state index contributed by atoms with van der Waals surface area (Å²) in [5, 5.41) is 11.3. The lowest BCUT2D eigenvalue weighted by Crippen LogP contribution is -2.52. The molecule has 0 aromatic heterocycles. The van der Waals surface area contributed by atoms with E-state index in [-0.39, 0.29) is 12.3 Å². The largest absolute Gasteiger partial charge is 0.481 e. The Morgan fingerprint density at radius 2 is 1.45 bits per heavy atom. The van der Waals surface area contributed by atoms with Gasteiger partial charge in [-0.2, -0.15) is 0 Å². The van der Waals surface area contributed by atoms with Gasteiger partial charge in [0, 0.05) is 13.1 Å². The van der Waals surface area contributed by atoms with Gasteiger partial charge in [-0.25, -0.2) is 4.79 Å². The Bertz CT molecular complexity index is 646. The Kier molecular flexibility index (Phi) is 13.0. The van der Waals surface area contributed by atoms with Crippen LogP contribution in [0.2, 0.25) is 0 Å². The number of rotatable bonds is 7. The number of carboxylic acids is 1. The van der Waals surface area contributed by atoms with Crippen molar-refractivity contribution in [3.63, 3.8) is 0 Å². The Labute approximate surface area is 197 Å². The molecule has 0 radical (unpaired) electrons. The maximum absolute atomic E-state index is 12.2. The number of morpholine rings is 1. The van der Waals surface area contributed by atoms with Crippen LogP contribution in [0.5, 0.6) is 0 Å². The number of esters is 1. The quantitative estimate of drug-likeness (QED) is 0.538. The highest BCUT2D eigenvalue weighted by atomic mass is 16.6. The first-order valence-electron chi connectivity index (χ1n) is 11.4. The van der Waals surface area contributed by atoms with E-state index in [1.165, 1.54) is 0 Å². The Balaban J connectivity index is 0.000000653. The number of carbonyl (C=O) groups excluding carboxylic acids is 3. The van der Waals surface area contributed by atoms with Gasteiger partial charge in [-0.3, -0.25) is 14.4 Å². The zero-order valence-corrected chi connectivity index (χ0v) is 21.4. The van der Waals surface area contributed by atoms with Crippen LogP contribution in [-0.4, -0.2) is 77.5 Å². The average molecular weight is 475 g/mol. The second kappa shape index (κ2) is 14.0. The molecule has 2 atom stereocenters. The van der Waals surface area contributed by atoms with Gasteiger partial charge in [0.2, 0.25) is 5.91 Å². The number of aliphatic carboxylic acids is 1. The minimum Gasteiger partial charge on any atom is -0.481 e. The van der Waals surface area contributed by atoms with Crippen LogP contribution in [0.1, 0.15) is 74.7 Å². The molecule has 1 aliphatic rings. The molecule has 10 nitrogen and oxygen atoms in total. The van der Waals surface area contributed by atoms with E-state index >= 15 is 0 Å². The number of carbonyl (C=O) groups is 4. The predicted octanol–water partition coefficient (Wildman–Crippen LogP) is 2.98. The van der Waals surface area contributed by atoms with E-state index in [1.807, 2.05) is 6.92 Å². The van der Waals surface area contributed by atoms with Crippen LogP contribution >= 0.6 is 0 Å². The van der Waals surface area contributed by atoms with Crippen molar-refractivity contribution in [2.24, 2.45) is 5.92 Å². The molecule has 1 heterocycles. The van der Waals surface area contributed by atoms with Gasteiger partial charge in [-0.15, -0.1) is 0 Å². The molecule has 1 saturated heterocycles. The molecule has 2 amide bonds. The monoisotopic (exact) mass is 474 g/mol. The van der Waals surface area contributed by atoms with Gasteiger partial charge in [-0.05, 0) is 54.4 Å². The molecule has 33 heavy (non-hydrogen) atoms. The molecule has 0 bridgehead atoms. The van der Waals surface area contributed by atoms with Crippen LogP contribution in [0.15, 0.2) is 0 Å². The molecule has 1 fully saturated rings. The highest BCUT2D eigenvalue weighted by Gasteiger charge is 2.27. The van der Waals surface area contributed by atoms with Crippen LogP contribution in [0.3, 0.4) is 0 Å². The molecule has 0 unspecified atom stereocenters. The molecule has 0 saturated carbocycles. The number of carboxylic acid groups (broad SMARTS) is 1. The lowest BCUT2D eigenvalue weighted by Gasteiger charge is -2.30. The molecule has 192 valence electrons. The van der Waals surface area contributed by atoms with Gasteiger partial charge in [-0.1, -0.05) is 13.8 Å². The smallest absolute Gasteiger partial charge is 0.408 e. The molecular weight excluding hydrogens is 432 g/mol. The number of nitrogens with zero attached hydrogens (tertiary/aromatic N) is 1. The second-order valence-electron chi connectivity index (χ2n) is 9.78. The topological polar surface area (TPSA) is 131 Å². The normalized spacial score (nSPS) is 15.9. The van der Waals surface area contributed by atoms with Gasteiger partial charge >= 0.3 is 18.0 Å².